The SMILES string of the molecule is COC(=O)CCCCC(=O)c1cc(OC)ccc1CC(N)C(=O)OCc1ccccc1. The lowest BCUT2D eigenvalue weighted by molar-refractivity contribution is -0.146. The topological polar surface area (TPSA) is 105 Å². The van der Waals surface area contributed by atoms with Crippen molar-refractivity contribution in [2.75, 3.05) is 14.2 Å². The molecule has 0 saturated carbocycles. The maximum atomic E-state index is 12.8. The van der Waals surface area contributed by atoms with Crippen molar-refractivity contribution in [3.63, 3.8) is 0 Å². The molecule has 0 bridgehead atoms. The molecule has 2 rings (SSSR count). The van der Waals surface area contributed by atoms with Gasteiger partial charge in [-0.2, -0.15) is 0 Å². The number of ketones is 1. The van der Waals surface area contributed by atoms with Crippen LogP contribution in [0.2, 0.25) is 0 Å². The number of carbonyl (C=O) groups is 3. The molecule has 0 radical (unpaired) electrons. The van der Waals surface area contributed by atoms with Gasteiger partial charge in [0.2, 0.25) is 0 Å². The van der Waals surface area contributed by atoms with Gasteiger partial charge in [-0.05, 0) is 42.5 Å². The minimum absolute atomic E-state index is 0.0939. The second-order valence-electron chi connectivity index (χ2n) is 7.13. The van der Waals surface area contributed by atoms with E-state index in [0.717, 1.165) is 5.56 Å². The molecule has 0 heterocycles. The van der Waals surface area contributed by atoms with Gasteiger partial charge in [0.15, 0.2) is 5.78 Å². The normalized spacial score (nSPS) is 11.5. The Bertz CT molecular complexity index is 881. The number of rotatable bonds is 12. The smallest absolute Gasteiger partial charge is 0.323 e. The zero-order valence-corrected chi connectivity index (χ0v) is 18.0. The van der Waals surface area contributed by atoms with Crippen LogP contribution in [0.1, 0.15) is 47.2 Å². The molecule has 0 aliphatic rings. The Balaban J connectivity index is 1.99. The van der Waals surface area contributed by atoms with Crippen LogP contribution in [0.5, 0.6) is 5.75 Å². The highest BCUT2D eigenvalue weighted by Gasteiger charge is 2.20. The van der Waals surface area contributed by atoms with Crippen molar-refractivity contribution in [3.8, 4) is 5.75 Å². The standard InChI is InChI=1S/C24H29NO6/c1-29-19-13-12-18(20(15-19)22(26)10-6-7-11-23(27)30-2)14-21(25)24(28)31-16-17-8-4-3-5-9-17/h3-5,8-9,12-13,15,21H,6-7,10-11,14,16,25H2,1-2H3. The average Bonchev–Trinajstić information content (AvgIpc) is 2.80. The van der Waals surface area contributed by atoms with Crippen LogP contribution in [-0.4, -0.2) is 38.0 Å². The molecular formula is C24H29NO6. The lowest BCUT2D eigenvalue weighted by Crippen LogP contribution is -2.34. The van der Waals surface area contributed by atoms with E-state index in [-0.39, 0.29) is 37.6 Å². The summed E-state index contributed by atoms with van der Waals surface area (Å²) in [6, 6.07) is 13.6. The fourth-order valence-corrected chi connectivity index (χ4v) is 3.07. The van der Waals surface area contributed by atoms with Crippen molar-refractivity contribution < 1.29 is 28.6 Å². The van der Waals surface area contributed by atoms with Gasteiger partial charge in [0.1, 0.15) is 18.4 Å². The molecule has 1 atom stereocenters. The number of hydrogen-bond acceptors (Lipinski definition) is 7. The van der Waals surface area contributed by atoms with Crippen LogP contribution < -0.4 is 10.5 Å². The number of carbonyl (C=O) groups excluding carboxylic acids is 3. The molecule has 0 aromatic heterocycles. The molecule has 2 aromatic rings. The van der Waals surface area contributed by atoms with E-state index in [9.17, 15) is 14.4 Å². The highest BCUT2D eigenvalue weighted by atomic mass is 16.5. The van der Waals surface area contributed by atoms with Gasteiger partial charge in [-0.3, -0.25) is 14.4 Å². The zero-order chi connectivity index (χ0) is 22.6. The molecule has 7 heteroatoms. The van der Waals surface area contributed by atoms with Crippen molar-refractivity contribution in [1.82, 2.24) is 0 Å². The third kappa shape index (κ3) is 7.86. The molecule has 0 aliphatic carbocycles. The largest absolute Gasteiger partial charge is 0.497 e. The summed E-state index contributed by atoms with van der Waals surface area (Å²) in [5.41, 5.74) is 8.04. The Morgan fingerprint density at radius 1 is 0.968 bits per heavy atom. The van der Waals surface area contributed by atoms with E-state index >= 15 is 0 Å². The van der Waals surface area contributed by atoms with Gasteiger partial charge < -0.3 is 19.9 Å². The van der Waals surface area contributed by atoms with Crippen molar-refractivity contribution >= 4 is 17.7 Å². The second-order valence-corrected chi connectivity index (χ2v) is 7.13. The number of Topliss-reactive ketones (excluding diaryl/α,β-unsaturated/α-hetero) is 1. The van der Waals surface area contributed by atoms with Crippen molar-refractivity contribution in [2.45, 2.75) is 44.8 Å². The van der Waals surface area contributed by atoms with Gasteiger partial charge in [-0.1, -0.05) is 36.4 Å². The van der Waals surface area contributed by atoms with Crippen LogP contribution in [0.4, 0.5) is 0 Å². The van der Waals surface area contributed by atoms with E-state index in [2.05, 4.69) is 4.74 Å². The van der Waals surface area contributed by atoms with Crippen LogP contribution >= 0.6 is 0 Å². The number of unbranched alkanes of at least 4 members (excludes halogenated alkanes) is 1. The average molecular weight is 427 g/mol. The lowest BCUT2D eigenvalue weighted by Gasteiger charge is -2.15. The van der Waals surface area contributed by atoms with Crippen LogP contribution in [0.3, 0.4) is 0 Å². The van der Waals surface area contributed by atoms with E-state index in [1.165, 1.54) is 14.2 Å². The Labute approximate surface area is 182 Å². The monoisotopic (exact) mass is 427 g/mol. The Kier molecular flexibility index (Phi) is 9.71. The summed E-state index contributed by atoms with van der Waals surface area (Å²) in [6.45, 7) is 0.141. The summed E-state index contributed by atoms with van der Waals surface area (Å²) in [5.74, 6) is -0.379. The number of esters is 2. The third-order valence-electron chi connectivity index (χ3n) is 4.85. The Morgan fingerprint density at radius 2 is 1.68 bits per heavy atom. The Hall–Kier alpha value is -3.19. The van der Waals surface area contributed by atoms with Crippen LogP contribution in [0, 0.1) is 0 Å². The summed E-state index contributed by atoms with van der Waals surface area (Å²) in [5, 5.41) is 0. The summed E-state index contributed by atoms with van der Waals surface area (Å²) in [4.78, 5) is 36.3. The molecule has 7 nitrogen and oxygen atoms in total. The third-order valence-corrected chi connectivity index (χ3v) is 4.85. The predicted octanol–water partition coefficient (Wildman–Crippen LogP) is 3.22. The van der Waals surface area contributed by atoms with Gasteiger partial charge in [0.25, 0.3) is 0 Å². The van der Waals surface area contributed by atoms with Crippen LogP contribution in [-0.2, 0) is 32.1 Å². The first kappa shape index (κ1) is 24.1. The first-order valence-corrected chi connectivity index (χ1v) is 10.2. The van der Waals surface area contributed by atoms with Gasteiger partial charge >= 0.3 is 11.9 Å². The highest BCUT2D eigenvalue weighted by molar-refractivity contribution is 5.98. The van der Waals surface area contributed by atoms with Crippen molar-refractivity contribution in [1.29, 1.82) is 0 Å². The first-order valence-electron chi connectivity index (χ1n) is 10.2. The summed E-state index contributed by atoms with van der Waals surface area (Å²) >= 11 is 0. The molecule has 1 unspecified atom stereocenters. The molecule has 31 heavy (non-hydrogen) atoms. The van der Waals surface area contributed by atoms with Gasteiger partial charge in [0.05, 0.1) is 14.2 Å². The quantitative estimate of drug-likeness (QED) is 0.315. The molecular weight excluding hydrogens is 398 g/mol. The molecule has 0 amide bonds. The minimum Gasteiger partial charge on any atom is -0.497 e. The molecule has 2 aromatic carbocycles. The number of benzene rings is 2. The Morgan fingerprint density at radius 3 is 2.35 bits per heavy atom. The van der Waals surface area contributed by atoms with Crippen LogP contribution in [0.15, 0.2) is 48.5 Å². The van der Waals surface area contributed by atoms with Crippen LogP contribution in [0.25, 0.3) is 0 Å². The molecule has 0 fully saturated rings. The number of methoxy groups -OCH3 is 2. The summed E-state index contributed by atoms with van der Waals surface area (Å²) in [6.07, 6.45) is 1.82. The molecule has 0 aliphatic heterocycles. The van der Waals surface area contributed by atoms with Gasteiger partial charge in [-0.15, -0.1) is 0 Å². The molecule has 0 spiro atoms. The predicted molar refractivity (Wildman–Crippen MR) is 116 cm³/mol. The fourth-order valence-electron chi connectivity index (χ4n) is 3.07. The summed E-state index contributed by atoms with van der Waals surface area (Å²) in [7, 11) is 2.86. The van der Waals surface area contributed by atoms with E-state index in [1.807, 2.05) is 30.3 Å². The van der Waals surface area contributed by atoms with Gasteiger partial charge in [0, 0.05) is 18.4 Å². The number of nitrogens with two attached hydrogens (primary N) is 1. The van der Waals surface area contributed by atoms with Gasteiger partial charge in [-0.25, -0.2) is 0 Å². The van der Waals surface area contributed by atoms with Crippen molar-refractivity contribution in [2.24, 2.45) is 5.73 Å². The maximum Gasteiger partial charge on any atom is 0.323 e. The molecule has 0 saturated heterocycles. The second kappa shape index (κ2) is 12.5. The minimum atomic E-state index is -0.900. The number of hydrogen-bond donors (Lipinski definition) is 1. The molecule has 166 valence electrons. The number of ether oxygens (including phenoxy) is 3. The van der Waals surface area contributed by atoms with E-state index < -0.39 is 12.0 Å². The summed E-state index contributed by atoms with van der Waals surface area (Å²) < 4.78 is 15.1. The first-order chi connectivity index (χ1) is 14.9. The molecule has 2 N–H and O–H groups in total. The zero-order valence-electron chi connectivity index (χ0n) is 18.0. The van der Waals surface area contributed by atoms with E-state index in [1.54, 1.807) is 18.2 Å². The lowest BCUT2D eigenvalue weighted by atomic mass is 9.95. The highest BCUT2D eigenvalue weighted by Crippen LogP contribution is 2.22. The maximum absolute atomic E-state index is 12.8. The van der Waals surface area contributed by atoms with E-state index in [0.29, 0.717) is 29.7 Å². The fraction of sp³-hybridized carbons (Fsp3) is 0.375. The van der Waals surface area contributed by atoms with Crippen molar-refractivity contribution in [3.05, 3.63) is 65.2 Å². The van der Waals surface area contributed by atoms with E-state index in [4.69, 9.17) is 15.2 Å².